The van der Waals surface area contributed by atoms with Crippen LogP contribution in [0.5, 0.6) is 0 Å². The Hall–Kier alpha value is -3.00. The van der Waals surface area contributed by atoms with E-state index in [-0.39, 0.29) is 0 Å². The molecule has 1 aliphatic carbocycles. The number of para-hydroxylation sites is 1. The Bertz CT molecular complexity index is 1290. The van der Waals surface area contributed by atoms with Crippen molar-refractivity contribution >= 4 is 32.7 Å². The van der Waals surface area contributed by atoms with Crippen LogP contribution in [0.1, 0.15) is 29.7 Å². The van der Waals surface area contributed by atoms with E-state index in [9.17, 15) is 0 Å². The summed E-state index contributed by atoms with van der Waals surface area (Å²) in [5, 5.41) is 4.13. The number of hydrogen-bond acceptors (Lipinski definition) is 0. The number of rotatable bonds is 2. The Labute approximate surface area is 158 Å². The molecule has 1 aliphatic rings. The molecule has 0 aliphatic heterocycles. The van der Waals surface area contributed by atoms with Gasteiger partial charge < -0.3 is 9.55 Å². The van der Waals surface area contributed by atoms with E-state index in [4.69, 9.17) is 0 Å². The number of hydrogen-bond donors (Lipinski definition) is 1. The fraction of sp³-hybridized carbons (Fsp3) is 0.200. The van der Waals surface area contributed by atoms with Crippen molar-refractivity contribution in [1.29, 1.82) is 0 Å². The number of aryl methyl sites for hydroxylation is 1. The first-order valence-electron chi connectivity index (χ1n) is 9.97. The summed E-state index contributed by atoms with van der Waals surface area (Å²) < 4.78 is 2.57. The monoisotopic (exact) mass is 350 g/mol. The second-order valence-electron chi connectivity index (χ2n) is 7.76. The average molecular weight is 350 g/mol. The number of aromatic nitrogens is 2. The van der Waals surface area contributed by atoms with Gasteiger partial charge in [0.05, 0.1) is 11.0 Å². The maximum absolute atomic E-state index is 3.73. The minimum atomic E-state index is 0.957. The number of fused-ring (bicyclic) bond motifs is 7. The van der Waals surface area contributed by atoms with Gasteiger partial charge in [-0.05, 0) is 48.9 Å². The Morgan fingerprint density at radius 3 is 2.52 bits per heavy atom. The molecule has 0 bridgehead atoms. The third kappa shape index (κ3) is 2.19. The zero-order chi connectivity index (χ0) is 17.8. The second kappa shape index (κ2) is 5.75. The molecule has 0 spiro atoms. The van der Waals surface area contributed by atoms with Crippen LogP contribution in [0.15, 0.2) is 66.7 Å². The first kappa shape index (κ1) is 15.1. The zero-order valence-corrected chi connectivity index (χ0v) is 15.3. The number of nitrogens with one attached hydrogen (secondary N) is 1. The highest BCUT2D eigenvalue weighted by Crippen LogP contribution is 2.39. The summed E-state index contributed by atoms with van der Waals surface area (Å²) in [5.41, 5.74) is 8.43. The molecule has 0 unspecified atom stereocenters. The van der Waals surface area contributed by atoms with Gasteiger partial charge in [0.25, 0.3) is 0 Å². The lowest BCUT2D eigenvalue weighted by Gasteiger charge is -2.16. The number of nitrogens with zero attached hydrogens (tertiary/aromatic N) is 1. The highest BCUT2D eigenvalue weighted by atomic mass is 15.0. The molecule has 2 nitrogen and oxygen atoms in total. The third-order valence-electron chi connectivity index (χ3n) is 6.20. The molecule has 3 aromatic carbocycles. The van der Waals surface area contributed by atoms with Crippen LogP contribution in [0.2, 0.25) is 0 Å². The van der Waals surface area contributed by atoms with E-state index < -0.39 is 0 Å². The van der Waals surface area contributed by atoms with Crippen LogP contribution in [0.25, 0.3) is 32.7 Å². The molecule has 5 aromatic rings. The van der Waals surface area contributed by atoms with E-state index in [1.807, 2.05) is 0 Å². The van der Waals surface area contributed by atoms with Gasteiger partial charge in [-0.25, -0.2) is 0 Å². The van der Waals surface area contributed by atoms with Crippen LogP contribution in [0, 0.1) is 0 Å². The van der Waals surface area contributed by atoms with Crippen molar-refractivity contribution in [1.82, 2.24) is 9.55 Å². The largest absolute Gasteiger partial charge is 0.354 e. The van der Waals surface area contributed by atoms with Gasteiger partial charge in [0.2, 0.25) is 0 Å². The average Bonchev–Trinajstić information content (AvgIpc) is 3.25. The van der Waals surface area contributed by atoms with E-state index >= 15 is 0 Å². The lowest BCUT2D eigenvalue weighted by Crippen LogP contribution is -2.09. The van der Waals surface area contributed by atoms with E-state index in [1.165, 1.54) is 64.0 Å². The second-order valence-corrected chi connectivity index (χ2v) is 7.76. The summed E-state index contributed by atoms with van der Waals surface area (Å²) in [7, 11) is 0. The van der Waals surface area contributed by atoms with Gasteiger partial charge in [0.15, 0.2) is 0 Å². The molecule has 27 heavy (non-hydrogen) atoms. The SMILES string of the molecule is c1ccc(Cn2c3c(c4c5[nH]c6ccccc6c5ccc42)CCCC3)cc1. The molecule has 2 heteroatoms. The molecule has 1 N–H and O–H groups in total. The van der Waals surface area contributed by atoms with Crippen LogP contribution in [0.4, 0.5) is 0 Å². The van der Waals surface area contributed by atoms with E-state index in [0.717, 1.165) is 6.54 Å². The topological polar surface area (TPSA) is 20.7 Å². The van der Waals surface area contributed by atoms with Crippen molar-refractivity contribution < 1.29 is 0 Å². The molecule has 0 fully saturated rings. The van der Waals surface area contributed by atoms with Gasteiger partial charge in [-0.2, -0.15) is 0 Å². The van der Waals surface area contributed by atoms with Gasteiger partial charge in [-0.3, -0.25) is 0 Å². The first-order valence-corrected chi connectivity index (χ1v) is 9.97. The maximum Gasteiger partial charge on any atom is 0.0563 e. The molecule has 2 aromatic heterocycles. The standard InChI is InChI=1S/C25H22N2/c1-2-8-17(9-3-1)16-27-22-13-7-5-11-20(22)24-23(27)15-14-19-18-10-4-6-12-21(18)26-25(19)24/h1-4,6,8-10,12,14-15,26H,5,7,11,13,16H2. The predicted octanol–water partition coefficient (Wildman–Crippen LogP) is 6.20. The lowest BCUT2D eigenvalue weighted by molar-refractivity contribution is 0.638. The molecule has 0 saturated heterocycles. The molecule has 0 atom stereocenters. The number of H-pyrrole nitrogens is 1. The molecule has 0 saturated carbocycles. The summed E-state index contributed by atoms with van der Waals surface area (Å²) in [5.74, 6) is 0. The van der Waals surface area contributed by atoms with Crippen molar-refractivity contribution in [3.05, 3.63) is 83.6 Å². The number of aromatic amines is 1. The normalized spacial score (nSPS) is 14.2. The quantitative estimate of drug-likeness (QED) is 0.391. The predicted molar refractivity (Wildman–Crippen MR) is 113 cm³/mol. The van der Waals surface area contributed by atoms with Crippen molar-refractivity contribution in [3.63, 3.8) is 0 Å². The molecular weight excluding hydrogens is 328 g/mol. The van der Waals surface area contributed by atoms with Gasteiger partial charge in [0.1, 0.15) is 0 Å². The highest BCUT2D eigenvalue weighted by Gasteiger charge is 2.22. The minimum Gasteiger partial charge on any atom is -0.354 e. The van der Waals surface area contributed by atoms with Crippen LogP contribution in [-0.4, -0.2) is 9.55 Å². The summed E-state index contributed by atoms with van der Waals surface area (Å²) in [6.07, 6.45) is 4.99. The Balaban J connectivity index is 1.69. The minimum absolute atomic E-state index is 0.957. The van der Waals surface area contributed by atoms with Gasteiger partial charge in [0, 0.05) is 33.9 Å². The Kier molecular flexibility index (Phi) is 3.21. The molecular formula is C25H22N2. The summed E-state index contributed by atoms with van der Waals surface area (Å²) in [6.45, 7) is 0.957. The van der Waals surface area contributed by atoms with Crippen molar-refractivity contribution in [2.24, 2.45) is 0 Å². The fourth-order valence-electron chi connectivity index (χ4n) is 4.99. The summed E-state index contributed by atoms with van der Waals surface area (Å²) in [4.78, 5) is 3.73. The summed E-state index contributed by atoms with van der Waals surface area (Å²) in [6, 6.07) is 24.2. The lowest BCUT2D eigenvalue weighted by atomic mass is 9.95. The van der Waals surface area contributed by atoms with E-state index in [0.29, 0.717) is 0 Å². The van der Waals surface area contributed by atoms with E-state index in [1.54, 1.807) is 11.3 Å². The zero-order valence-electron chi connectivity index (χ0n) is 15.3. The summed E-state index contributed by atoms with van der Waals surface area (Å²) >= 11 is 0. The number of benzene rings is 3. The highest BCUT2D eigenvalue weighted by molar-refractivity contribution is 6.17. The third-order valence-corrected chi connectivity index (χ3v) is 6.20. The van der Waals surface area contributed by atoms with Crippen molar-refractivity contribution in [2.75, 3.05) is 0 Å². The molecule has 132 valence electrons. The van der Waals surface area contributed by atoms with Crippen LogP contribution >= 0.6 is 0 Å². The van der Waals surface area contributed by atoms with E-state index in [2.05, 4.69) is 76.3 Å². The van der Waals surface area contributed by atoms with Crippen LogP contribution in [0.3, 0.4) is 0 Å². The van der Waals surface area contributed by atoms with Gasteiger partial charge in [-0.1, -0.05) is 54.6 Å². The first-order chi connectivity index (χ1) is 13.4. The molecule has 6 rings (SSSR count). The Morgan fingerprint density at radius 1 is 0.778 bits per heavy atom. The Morgan fingerprint density at radius 2 is 1.59 bits per heavy atom. The van der Waals surface area contributed by atoms with Crippen LogP contribution in [-0.2, 0) is 19.4 Å². The van der Waals surface area contributed by atoms with Gasteiger partial charge >= 0.3 is 0 Å². The molecule has 2 heterocycles. The van der Waals surface area contributed by atoms with Crippen molar-refractivity contribution in [3.8, 4) is 0 Å². The van der Waals surface area contributed by atoms with Crippen molar-refractivity contribution in [2.45, 2.75) is 32.2 Å². The van der Waals surface area contributed by atoms with Crippen LogP contribution < -0.4 is 0 Å². The van der Waals surface area contributed by atoms with Gasteiger partial charge in [-0.15, -0.1) is 0 Å². The molecule has 0 amide bonds. The smallest absolute Gasteiger partial charge is 0.0563 e. The maximum atomic E-state index is 3.73. The fourth-order valence-corrected chi connectivity index (χ4v) is 4.99. The molecule has 0 radical (unpaired) electrons.